The molecule has 2 nitrogen and oxygen atoms in total. The fraction of sp³-hybridized carbons (Fsp3) is 0.100. The highest BCUT2D eigenvalue weighted by Gasteiger charge is 2.05. The average Bonchev–Trinajstić information content (AvgIpc) is 2.20. The molecule has 0 spiro atoms. The highest BCUT2D eigenvalue weighted by atomic mass is 35.5. The molecule has 1 aromatic heterocycles. The van der Waals surface area contributed by atoms with Crippen LogP contribution in [-0.2, 0) is 6.54 Å². The molecular weight excluding hydrogens is 219 g/mol. The van der Waals surface area contributed by atoms with Crippen molar-refractivity contribution in [2.24, 2.45) is 5.73 Å². The SMILES string of the molecule is NCc1cnc2ccc(Cl)cc2c1Cl. The maximum absolute atomic E-state index is 6.14. The molecule has 0 aliphatic rings. The predicted octanol–water partition coefficient (Wildman–Crippen LogP) is 3.00. The number of nitrogens with zero attached hydrogens (tertiary/aromatic N) is 1. The van der Waals surface area contributed by atoms with Crippen LogP contribution in [0.15, 0.2) is 24.4 Å². The van der Waals surface area contributed by atoms with Crippen LogP contribution in [0.3, 0.4) is 0 Å². The number of pyridine rings is 1. The molecule has 0 atom stereocenters. The van der Waals surface area contributed by atoms with E-state index in [1.165, 1.54) is 0 Å². The fourth-order valence-electron chi connectivity index (χ4n) is 1.32. The van der Waals surface area contributed by atoms with Crippen LogP contribution < -0.4 is 5.73 Å². The lowest BCUT2D eigenvalue weighted by molar-refractivity contribution is 1.06. The molecule has 0 saturated heterocycles. The first kappa shape index (κ1) is 9.71. The predicted molar refractivity (Wildman–Crippen MR) is 59.7 cm³/mol. The number of rotatable bonds is 1. The molecule has 0 fully saturated rings. The summed E-state index contributed by atoms with van der Waals surface area (Å²) in [6.45, 7) is 0.383. The normalized spacial score (nSPS) is 10.8. The summed E-state index contributed by atoms with van der Waals surface area (Å²) in [4.78, 5) is 4.23. The van der Waals surface area contributed by atoms with Crippen LogP contribution >= 0.6 is 23.2 Å². The Morgan fingerprint density at radius 1 is 1.29 bits per heavy atom. The van der Waals surface area contributed by atoms with Gasteiger partial charge in [-0.25, -0.2) is 0 Å². The first-order chi connectivity index (χ1) is 6.72. The van der Waals surface area contributed by atoms with Crippen molar-refractivity contribution < 1.29 is 0 Å². The third-order valence-corrected chi connectivity index (χ3v) is 2.74. The highest BCUT2D eigenvalue weighted by Crippen LogP contribution is 2.27. The van der Waals surface area contributed by atoms with E-state index in [-0.39, 0.29) is 0 Å². The second kappa shape index (κ2) is 3.73. The summed E-state index contributed by atoms with van der Waals surface area (Å²) in [5.74, 6) is 0. The molecular formula is C10H8Cl2N2. The summed E-state index contributed by atoms with van der Waals surface area (Å²) in [5.41, 5.74) is 7.19. The molecule has 0 bridgehead atoms. The largest absolute Gasteiger partial charge is 0.326 e. The van der Waals surface area contributed by atoms with Crippen LogP contribution in [0, 0.1) is 0 Å². The van der Waals surface area contributed by atoms with Gasteiger partial charge in [0.05, 0.1) is 10.5 Å². The van der Waals surface area contributed by atoms with Crippen molar-refractivity contribution in [3.8, 4) is 0 Å². The molecule has 0 unspecified atom stereocenters. The van der Waals surface area contributed by atoms with Gasteiger partial charge in [-0.05, 0) is 18.2 Å². The minimum absolute atomic E-state index is 0.383. The summed E-state index contributed by atoms with van der Waals surface area (Å²) < 4.78 is 0. The van der Waals surface area contributed by atoms with Crippen molar-refractivity contribution >= 4 is 34.1 Å². The van der Waals surface area contributed by atoms with Crippen molar-refractivity contribution in [3.05, 3.63) is 40.0 Å². The highest BCUT2D eigenvalue weighted by molar-refractivity contribution is 6.37. The zero-order valence-electron chi connectivity index (χ0n) is 7.30. The van der Waals surface area contributed by atoms with Gasteiger partial charge in [0.1, 0.15) is 0 Å². The molecule has 14 heavy (non-hydrogen) atoms. The molecule has 2 rings (SSSR count). The molecule has 1 aromatic carbocycles. The third kappa shape index (κ3) is 1.57. The Kier molecular flexibility index (Phi) is 2.59. The zero-order chi connectivity index (χ0) is 10.1. The number of hydrogen-bond acceptors (Lipinski definition) is 2. The van der Waals surface area contributed by atoms with E-state index in [9.17, 15) is 0 Å². The lowest BCUT2D eigenvalue weighted by Gasteiger charge is -2.04. The summed E-state index contributed by atoms with van der Waals surface area (Å²) in [5, 5.41) is 2.14. The van der Waals surface area contributed by atoms with Gasteiger partial charge >= 0.3 is 0 Å². The maximum Gasteiger partial charge on any atom is 0.0718 e. The van der Waals surface area contributed by atoms with Crippen molar-refractivity contribution in [1.29, 1.82) is 0 Å². The van der Waals surface area contributed by atoms with Crippen LogP contribution in [-0.4, -0.2) is 4.98 Å². The number of fused-ring (bicyclic) bond motifs is 1. The summed E-state index contributed by atoms with van der Waals surface area (Å²) in [6, 6.07) is 5.42. The summed E-state index contributed by atoms with van der Waals surface area (Å²) >= 11 is 12.0. The molecule has 72 valence electrons. The third-order valence-electron chi connectivity index (χ3n) is 2.06. The van der Waals surface area contributed by atoms with Gasteiger partial charge in [-0.2, -0.15) is 0 Å². The van der Waals surface area contributed by atoms with E-state index in [1.54, 1.807) is 18.3 Å². The minimum atomic E-state index is 0.383. The van der Waals surface area contributed by atoms with Gasteiger partial charge in [0.2, 0.25) is 0 Å². The summed E-state index contributed by atoms with van der Waals surface area (Å²) in [7, 11) is 0. The molecule has 1 heterocycles. The standard InChI is InChI=1S/C10H8Cl2N2/c11-7-1-2-9-8(3-7)10(12)6(4-13)5-14-9/h1-3,5H,4,13H2. The lowest BCUT2D eigenvalue weighted by Crippen LogP contribution is -1.98. The molecule has 2 aromatic rings. The van der Waals surface area contributed by atoms with E-state index in [0.29, 0.717) is 16.6 Å². The number of hydrogen-bond donors (Lipinski definition) is 1. The van der Waals surface area contributed by atoms with Gasteiger partial charge in [-0.1, -0.05) is 23.2 Å². The van der Waals surface area contributed by atoms with Crippen molar-refractivity contribution in [2.75, 3.05) is 0 Å². The molecule has 0 radical (unpaired) electrons. The van der Waals surface area contributed by atoms with Crippen molar-refractivity contribution in [2.45, 2.75) is 6.54 Å². The van der Waals surface area contributed by atoms with E-state index in [4.69, 9.17) is 28.9 Å². The Morgan fingerprint density at radius 2 is 2.07 bits per heavy atom. The van der Waals surface area contributed by atoms with Gasteiger partial charge in [-0.15, -0.1) is 0 Å². The molecule has 4 heteroatoms. The van der Waals surface area contributed by atoms with Gasteiger partial charge in [-0.3, -0.25) is 4.98 Å². The van der Waals surface area contributed by atoms with E-state index in [1.807, 2.05) is 6.07 Å². The monoisotopic (exact) mass is 226 g/mol. The van der Waals surface area contributed by atoms with Gasteiger partial charge in [0.15, 0.2) is 0 Å². The Balaban J connectivity index is 2.79. The quantitative estimate of drug-likeness (QED) is 0.813. The Labute approximate surface area is 91.6 Å². The number of aromatic nitrogens is 1. The van der Waals surface area contributed by atoms with Crippen LogP contribution in [0.1, 0.15) is 5.56 Å². The van der Waals surface area contributed by atoms with Crippen LogP contribution in [0.4, 0.5) is 0 Å². The van der Waals surface area contributed by atoms with Crippen LogP contribution in [0.5, 0.6) is 0 Å². The van der Waals surface area contributed by atoms with Crippen LogP contribution in [0.2, 0.25) is 10.0 Å². The topological polar surface area (TPSA) is 38.9 Å². The first-order valence-electron chi connectivity index (χ1n) is 4.15. The molecule has 0 aliphatic carbocycles. The molecule has 0 saturated carbocycles. The number of nitrogens with two attached hydrogens (primary N) is 1. The van der Waals surface area contributed by atoms with Gasteiger partial charge in [0, 0.05) is 28.7 Å². The smallest absolute Gasteiger partial charge is 0.0718 e. The van der Waals surface area contributed by atoms with E-state index >= 15 is 0 Å². The fourth-order valence-corrected chi connectivity index (χ4v) is 1.77. The van der Waals surface area contributed by atoms with E-state index < -0.39 is 0 Å². The molecule has 0 amide bonds. The van der Waals surface area contributed by atoms with Crippen LogP contribution in [0.25, 0.3) is 10.9 Å². The van der Waals surface area contributed by atoms with Gasteiger partial charge in [0.25, 0.3) is 0 Å². The average molecular weight is 227 g/mol. The zero-order valence-corrected chi connectivity index (χ0v) is 8.81. The molecule has 0 aliphatic heterocycles. The van der Waals surface area contributed by atoms with E-state index in [0.717, 1.165) is 16.5 Å². The second-order valence-corrected chi connectivity index (χ2v) is 3.78. The summed E-state index contributed by atoms with van der Waals surface area (Å²) in [6.07, 6.45) is 1.69. The minimum Gasteiger partial charge on any atom is -0.326 e. The Morgan fingerprint density at radius 3 is 2.79 bits per heavy atom. The first-order valence-corrected chi connectivity index (χ1v) is 4.90. The van der Waals surface area contributed by atoms with Crippen molar-refractivity contribution in [1.82, 2.24) is 4.98 Å². The van der Waals surface area contributed by atoms with Crippen molar-refractivity contribution in [3.63, 3.8) is 0 Å². The number of benzene rings is 1. The lowest BCUT2D eigenvalue weighted by atomic mass is 10.1. The maximum atomic E-state index is 6.14. The molecule has 2 N–H and O–H groups in total. The van der Waals surface area contributed by atoms with Gasteiger partial charge < -0.3 is 5.73 Å². The Hall–Kier alpha value is -0.830. The Bertz CT molecular complexity index is 483. The second-order valence-electron chi connectivity index (χ2n) is 2.96. The van der Waals surface area contributed by atoms with E-state index in [2.05, 4.69) is 4.98 Å². The number of halogens is 2.